The van der Waals surface area contributed by atoms with E-state index < -0.39 is 0 Å². The quantitative estimate of drug-likeness (QED) is 0.257. The molecule has 1 aromatic heterocycles. The fraction of sp³-hybridized carbons (Fsp3) is 0.320. The summed E-state index contributed by atoms with van der Waals surface area (Å²) in [5.41, 5.74) is 3.67. The lowest BCUT2D eigenvalue weighted by Crippen LogP contribution is -2.35. The predicted octanol–water partition coefficient (Wildman–Crippen LogP) is 5.01. The van der Waals surface area contributed by atoms with Crippen molar-refractivity contribution in [2.75, 3.05) is 22.9 Å². The second-order valence-electron chi connectivity index (χ2n) is 8.08. The fourth-order valence-corrected chi connectivity index (χ4v) is 4.83. The van der Waals surface area contributed by atoms with Crippen LogP contribution in [-0.4, -0.2) is 27.5 Å². The van der Waals surface area contributed by atoms with Crippen molar-refractivity contribution in [2.24, 2.45) is 0 Å². The van der Waals surface area contributed by atoms with Crippen molar-refractivity contribution in [3.05, 3.63) is 80.4 Å². The Labute approximate surface area is 203 Å². The third-order valence-electron chi connectivity index (χ3n) is 6.36. The van der Waals surface area contributed by atoms with Gasteiger partial charge in [0.1, 0.15) is 5.82 Å². The number of anilines is 2. The maximum absolute atomic E-state index is 11.3. The highest BCUT2D eigenvalue weighted by atomic mass is 16.6. The highest BCUT2D eigenvalue weighted by molar-refractivity contribution is 5.84. The SMILES string of the molecule is CCN1/C(=C\C=C\c2n(CC)c3cc([N+](=O)[O-])ccc3[n+]2CC)N(CC)c2cc([N+](=O)[O-])ccc21. The Kier molecular flexibility index (Phi) is 6.54. The number of imidazole rings is 1. The molecule has 2 aromatic carbocycles. The average Bonchev–Trinajstić information content (AvgIpc) is 3.33. The molecule has 0 saturated heterocycles. The Morgan fingerprint density at radius 2 is 1.49 bits per heavy atom. The van der Waals surface area contributed by atoms with E-state index in [2.05, 4.69) is 32.8 Å². The van der Waals surface area contributed by atoms with Gasteiger partial charge in [-0.3, -0.25) is 20.2 Å². The average molecular weight is 478 g/mol. The largest absolute Gasteiger partial charge is 0.326 e. The van der Waals surface area contributed by atoms with Crippen LogP contribution < -0.4 is 14.4 Å². The first-order valence-electron chi connectivity index (χ1n) is 11.8. The van der Waals surface area contributed by atoms with E-state index in [1.54, 1.807) is 24.3 Å². The zero-order valence-electron chi connectivity index (χ0n) is 20.3. The molecule has 1 aliphatic heterocycles. The third kappa shape index (κ3) is 4.01. The van der Waals surface area contributed by atoms with E-state index in [1.807, 2.05) is 32.1 Å². The summed E-state index contributed by atoms with van der Waals surface area (Å²) in [6.07, 6.45) is 6.00. The van der Waals surface area contributed by atoms with E-state index in [0.29, 0.717) is 13.1 Å². The number of nitro groups is 2. The molecular formula is C25H29N6O4+. The van der Waals surface area contributed by atoms with Crippen LogP contribution in [0.3, 0.4) is 0 Å². The molecule has 10 nitrogen and oxygen atoms in total. The third-order valence-corrected chi connectivity index (χ3v) is 6.36. The molecule has 182 valence electrons. The topological polar surface area (TPSA) is 102 Å². The predicted molar refractivity (Wildman–Crippen MR) is 136 cm³/mol. The number of fused-ring (bicyclic) bond motifs is 2. The van der Waals surface area contributed by atoms with Crippen LogP contribution in [0, 0.1) is 20.2 Å². The molecule has 0 radical (unpaired) electrons. The molecule has 0 atom stereocenters. The molecular weight excluding hydrogens is 448 g/mol. The lowest BCUT2D eigenvalue weighted by molar-refractivity contribution is -0.670. The smallest absolute Gasteiger partial charge is 0.282 e. The minimum absolute atomic E-state index is 0.0700. The second-order valence-corrected chi connectivity index (χ2v) is 8.08. The van der Waals surface area contributed by atoms with E-state index in [1.165, 1.54) is 12.1 Å². The minimum atomic E-state index is -0.372. The number of nitrogens with zero attached hydrogens (tertiary/aromatic N) is 6. The first-order valence-corrected chi connectivity index (χ1v) is 11.8. The molecule has 2 heterocycles. The van der Waals surface area contributed by atoms with Crippen molar-refractivity contribution in [2.45, 2.75) is 40.8 Å². The van der Waals surface area contributed by atoms with Gasteiger partial charge < -0.3 is 9.80 Å². The molecule has 0 fully saturated rings. The maximum atomic E-state index is 11.3. The molecule has 10 heteroatoms. The van der Waals surface area contributed by atoms with E-state index in [0.717, 1.165) is 47.1 Å². The summed E-state index contributed by atoms with van der Waals surface area (Å²) in [5, 5.41) is 22.6. The zero-order valence-corrected chi connectivity index (χ0v) is 20.3. The summed E-state index contributed by atoms with van der Waals surface area (Å²) >= 11 is 0. The lowest BCUT2D eigenvalue weighted by atomic mass is 10.2. The van der Waals surface area contributed by atoms with Gasteiger partial charge in [-0.2, -0.15) is 0 Å². The Morgan fingerprint density at radius 1 is 0.857 bits per heavy atom. The highest BCUT2D eigenvalue weighted by Crippen LogP contribution is 2.43. The molecule has 0 amide bonds. The van der Waals surface area contributed by atoms with Gasteiger partial charge >= 0.3 is 0 Å². The Morgan fingerprint density at radius 3 is 2.09 bits per heavy atom. The summed E-state index contributed by atoms with van der Waals surface area (Å²) in [5.74, 6) is 1.89. The van der Waals surface area contributed by atoms with Crippen molar-refractivity contribution < 1.29 is 14.4 Å². The molecule has 0 N–H and O–H groups in total. The molecule has 0 saturated carbocycles. The standard InChI is InChI=1S/C25H29N6O4/c1-5-26-20-14-12-18(30(32)33)16-22(20)28(7-3)24(26)10-9-11-25-27(6-2)21-15-13-19(31(34)35)17-23(21)29(25)8-4/h9-17H,5-8H2,1-4H3/q+1. The summed E-state index contributed by atoms with van der Waals surface area (Å²) < 4.78 is 4.21. The molecule has 0 unspecified atom stereocenters. The molecule has 35 heavy (non-hydrogen) atoms. The number of aromatic nitrogens is 2. The first-order chi connectivity index (χ1) is 16.9. The van der Waals surface area contributed by atoms with Gasteiger partial charge in [0.15, 0.2) is 11.0 Å². The van der Waals surface area contributed by atoms with Crippen molar-refractivity contribution in [3.63, 3.8) is 0 Å². The number of allylic oxidation sites excluding steroid dienone is 2. The van der Waals surface area contributed by atoms with Crippen molar-refractivity contribution in [3.8, 4) is 0 Å². The number of non-ortho nitro benzene ring substituents is 2. The van der Waals surface area contributed by atoms with Crippen LogP contribution in [0.5, 0.6) is 0 Å². The van der Waals surface area contributed by atoms with Crippen molar-refractivity contribution in [1.82, 2.24) is 4.57 Å². The summed E-state index contributed by atoms with van der Waals surface area (Å²) in [6.45, 7) is 10.9. The normalized spacial score (nSPS) is 14.5. The van der Waals surface area contributed by atoms with Gasteiger partial charge in [-0.15, -0.1) is 0 Å². The fourth-order valence-electron chi connectivity index (χ4n) is 4.83. The Bertz CT molecular complexity index is 1370. The maximum Gasteiger partial charge on any atom is 0.282 e. The van der Waals surface area contributed by atoms with Crippen LogP contribution in [-0.2, 0) is 13.1 Å². The first kappa shape index (κ1) is 23.9. The van der Waals surface area contributed by atoms with Gasteiger partial charge in [-0.1, -0.05) is 6.08 Å². The molecule has 1 aliphatic rings. The molecule has 3 aromatic rings. The number of benzene rings is 2. The molecule has 0 bridgehead atoms. The lowest BCUT2D eigenvalue weighted by Gasteiger charge is -2.22. The van der Waals surface area contributed by atoms with Crippen LogP contribution in [0.1, 0.15) is 33.5 Å². The van der Waals surface area contributed by atoms with Crippen molar-refractivity contribution in [1.29, 1.82) is 0 Å². The number of nitro benzene ring substituents is 2. The second kappa shape index (κ2) is 9.57. The van der Waals surface area contributed by atoms with Gasteiger partial charge in [0.2, 0.25) is 0 Å². The monoisotopic (exact) mass is 477 g/mol. The van der Waals surface area contributed by atoms with E-state index in [4.69, 9.17) is 0 Å². The van der Waals surface area contributed by atoms with Crippen molar-refractivity contribution >= 4 is 39.9 Å². The van der Waals surface area contributed by atoms with Crippen LogP contribution in [0.25, 0.3) is 17.1 Å². The van der Waals surface area contributed by atoms with Gasteiger partial charge in [0, 0.05) is 37.4 Å². The van der Waals surface area contributed by atoms with Gasteiger partial charge in [0.05, 0.1) is 40.4 Å². The summed E-state index contributed by atoms with van der Waals surface area (Å²) in [7, 11) is 0. The summed E-state index contributed by atoms with van der Waals surface area (Å²) in [4.78, 5) is 26.1. The van der Waals surface area contributed by atoms with Crippen LogP contribution in [0.4, 0.5) is 22.7 Å². The van der Waals surface area contributed by atoms with Gasteiger partial charge in [-0.25, -0.2) is 9.13 Å². The Balaban J connectivity index is 1.78. The summed E-state index contributed by atoms with van der Waals surface area (Å²) in [6, 6.07) is 9.93. The van der Waals surface area contributed by atoms with Crippen LogP contribution >= 0.6 is 0 Å². The minimum Gasteiger partial charge on any atom is -0.326 e. The number of hydrogen-bond acceptors (Lipinski definition) is 6. The number of hydrogen-bond donors (Lipinski definition) is 0. The number of rotatable bonds is 8. The molecule has 0 aliphatic carbocycles. The highest BCUT2D eigenvalue weighted by Gasteiger charge is 2.31. The molecule has 4 rings (SSSR count). The van der Waals surface area contributed by atoms with Crippen LogP contribution in [0.2, 0.25) is 0 Å². The van der Waals surface area contributed by atoms with Gasteiger partial charge in [0.25, 0.3) is 17.2 Å². The van der Waals surface area contributed by atoms with Crippen LogP contribution in [0.15, 0.2) is 54.4 Å². The number of aryl methyl sites for hydroxylation is 2. The van der Waals surface area contributed by atoms with E-state index in [-0.39, 0.29) is 21.2 Å². The van der Waals surface area contributed by atoms with Gasteiger partial charge in [-0.05, 0) is 45.9 Å². The van der Waals surface area contributed by atoms with E-state index in [9.17, 15) is 20.2 Å². The zero-order chi connectivity index (χ0) is 25.3. The molecule has 0 spiro atoms. The Hall–Kier alpha value is -4.21. The van der Waals surface area contributed by atoms with E-state index >= 15 is 0 Å².